The van der Waals surface area contributed by atoms with Crippen LogP contribution < -0.4 is 5.73 Å². The molecule has 2 aromatic rings. The summed E-state index contributed by atoms with van der Waals surface area (Å²) in [5.41, 5.74) is 5.53. The van der Waals surface area contributed by atoms with Gasteiger partial charge in [-0.3, -0.25) is 0 Å². The van der Waals surface area contributed by atoms with E-state index in [1.165, 1.54) is 23.9 Å². The van der Waals surface area contributed by atoms with Gasteiger partial charge in [-0.2, -0.15) is 4.98 Å². The van der Waals surface area contributed by atoms with E-state index in [2.05, 4.69) is 10.1 Å². The average Bonchev–Trinajstić information content (AvgIpc) is 2.90. The SMILES string of the molecule is COC(CN)Cc1nc(CSc2cccc(F)c2)no1. The summed E-state index contributed by atoms with van der Waals surface area (Å²) in [5, 5.41) is 3.88. The van der Waals surface area contributed by atoms with Gasteiger partial charge < -0.3 is 15.0 Å². The van der Waals surface area contributed by atoms with Gasteiger partial charge in [-0.25, -0.2) is 4.39 Å². The lowest BCUT2D eigenvalue weighted by Crippen LogP contribution is -2.24. The van der Waals surface area contributed by atoms with Crippen LogP contribution in [0.25, 0.3) is 0 Å². The fraction of sp³-hybridized carbons (Fsp3) is 0.385. The van der Waals surface area contributed by atoms with Crippen molar-refractivity contribution in [3.8, 4) is 0 Å². The normalized spacial score (nSPS) is 12.6. The molecule has 0 spiro atoms. The Labute approximate surface area is 120 Å². The molecule has 1 atom stereocenters. The zero-order valence-corrected chi connectivity index (χ0v) is 11.9. The number of ether oxygens (including phenoxy) is 1. The van der Waals surface area contributed by atoms with Crippen molar-refractivity contribution < 1.29 is 13.7 Å². The summed E-state index contributed by atoms with van der Waals surface area (Å²) in [4.78, 5) is 5.08. The van der Waals surface area contributed by atoms with Crippen LogP contribution >= 0.6 is 11.8 Å². The van der Waals surface area contributed by atoms with Crippen LogP contribution in [0.1, 0.15) is 11.7 Å². The fourth-order valence-electron chi connectivity index (χ4n) is 1.59. The van der Waals surface area contributed by atoms with Crippen LogP contribution in [0.15, 0.2) is 33.7 Å². The number of halogens is 1. The Hall–Kier alpha value is -1.44. The number of nitrogens with two attached hydrogens (primary N) is 1. The van der Waals surface area contributed by atoms with Crippen LogP contribution in [0, 0.1) is 5.82 Å². The first kappa shape index (κ1) is 15.0. The Morgan fingerprint density at radius 2 is 2.35 bits per heavy atom. The number of nitrogens with zero attached hydrogens (tertiary/aromatic N) is 2. The van der Waals surface area contributed by atoms with E-state index in [9.17, 15) is 4.39 Å². The van der Waals surface area contributed by atoms with Gasteiger partial charge in [0.15, 0.2) is 5.82 Å². The minimum atomic E-state index is -0.255. The van der Waals surface area contributed by atoms with Crippen LogP contribution in [-0.4, -0.2) is 29.9 Å². The first-order valence-electron chi connectivity index (χ1n) is 6.14. The molecular weight excluding hydrogens is 281 g/mol. The second-order valence-electron chi connectivity index (χ2n) is 4.15. The summed E-state index contributed by atoms with van der Waals surface area (Å²) < 4.78 is 23.3. The number of hydrogen-bond acceptors (Lipinski definition) is 6. The molecule has 0 aliphatic carbocycles. The lowest BCUT2D eigenvalue weighted by molar-refractivity contribution is 0.102. The van der Waals surface area contributed by atoms with Crippen LogP contribution in [-0.2, 0) is 16.9 Å². The highest BCUT2D eigenvalue weighted by Gasteiger charge is 2.13. The second-order valence-corrected chi connectivity index (χ2v) is 5.20. The van der Waals surface area contributed by atoms with Crippen LogP contribution in [0.2, 0.25) is 0 Å². The molecule has 1 unspecified atom stereocenters. The number of benzene rings is 1. The topological polar surface area (TPSA) is 74.2 Å². The maximum atomic E-state index is 13.0. The molecule has 0 radical (unpaired) electrons. The summed E-state index contributed by atoms with van der Waals surface area (Å²) >= 11 is 1.45. The molecule has 20 heavy (non-hydrogen) atoms. The summed E-state index contributed by atoms with van der Waals surface area (Å²) in [7, 11) is 1.59. The molecule has 108 valence electrons. The van der Waals surface area contributed by atoms with Gasteiger partial charge in [0.05, 0.1) is 18.3 Å². The smallest absolute Gasteiger partial charge is 0.229 e. The van der Waals surface area contributed by atoms with Gasteiger partial charge in [-0.05, 0) is 18.2 Å². The van der Waals surface area contributed by atoms with E-state index in [0.29, 0.717) is 30.4 Å². The number of thioether (sulfide) groups is 1. The molecule has 0 fully saturated rings. The molecule has 0 saturated carbocycles. The molecule has 1 heterocycles. The molecular formula is C13H16FN3O2S. The van der Waals surface area contributed by atoms with Gasteiger partial charge in [0.25, 0.3) is 0 Å². The number of methoxy groups -OCH3 is 1. The van der Waals surface area contributed by atoms with E-state index >= 15 is 0 Å². The van der Waals surface area contributed by atoms with E-state index in [1.54, 1.807) is 13.2 Å². The molecule has 0 saturated heterocycles. The maximum Gasteiger partial charge on any atom is 0.229 e. The van der Waals surface area contributed by atoms with Crippen LogP contribution in [0.4, 0.5) is 4.39 Å². The van der Waals surface area contributed by atoms with Crippen molar-refractivity contribution in [3.63, 3.8) is 0 Å². The monoisotopic (exact) mass is 297 g/mol. The molecule has 0 aliphatic rings. The summed E-state index contributed by atoms with van der Waals surface area (Å²) in [5.74, 6) is 1.33. The average molecular weight is 297 g/mol. The third-order valence-corrected chi connectivity index (χ3v) is 3.66. The third kappa shape index (κ3) is 4.29. The van der Waals surface area contributed by atoms with Crippen molar-refractivity contribution in [3.05, 3.63) is 41.8 Å². The molecule has 1 aromatic heterocycles. The second kappa shape index (κ2) is 7.37. The fourth-order valence-corrected chi connectivity index (χ4v) is 2.38. The first-order valence-corrected chi connectivity index (χ1v) is 7.12. The highest BCUT2D eigenvalue weighted by molar-refractivity contribution is 7.98. The third-order valence-electron chi connectivity index (χ3n) is 2.67. The first-order chi connectivity index (χ1) is 9.71. The van der Waals surface area contributed by atoms with Crippen molar-refractivity contribution in [2.75, 3.05) is 13.7 Å². The van der Waals surface area contributed by atoms with E-state index in [-0.39, 0.29) is 11.9 Å². The summed E-state index contributed by atoms with van der Waals surface area (Å²) in [6.07, 6.45) is 0.365. The van der Waals surface area contributed by atoms with Crippen molar-refractivity contribution in [2.45, 2.75) is 23.2 Å². The summed E-state index contributed by atoms with van der Waals surface area (Å²) in [6, 6.07) is 6.39. The highest BCUT2D eigenvalue weighted by atomic mass is 32.2. The zero-order valence-electron chi connectivity index (χ0n) is 11.1. The van der Waals surface area contributed by atoms with E-state index in [1.807, 2.05) is 6.07 Å². The maximum absolute atomic E-state index is 13.0. The molecule has 7 heteroatoms. The van der Waals surface area contributed by atoms with E-state index in [4.69, 9.17) is 15.0 Å². The number of rotatable bonds is 7. The standard InChI is InChI=1S/C13H16FN3O2S/c1-18-10(7-15)6-13-16-12(17-19-13)8-20-11-4-2-3-9(14)5-11/h2-5,10H,6-8,15H2,1H3. The Morgan fingerprint density at radius 3 is 3.05 bits per heavy atom. The Bertz CT molecular complexity index is 546. The summed E-state index contributed by atoms with van der Waals surface area (Å²) in [6.45, 7) is 0.395. The Morgan fingerprint density at radius 1 is 1.50 bits per heavy atom. The molecule has 0 aliphatic heterocycles. The number of aromatic nitrogens is 2. The predicted octanol–water partition coefficient (Wildman–Crippen LogP) is 2.02. The quantitative estimate of drug-likeness (QED) is 0.788. The predicted molar refractivity (Wildman–Crippen MR) is 73.8 cm³/mol. The van der Waals surface area contributed by atoms with Gasteiger partial charge in [0, 0.05) is 18.6 Å². The van der Waals surface area contributed by atoms with Gasteiger partial charge in [-0.1, -0.05) is 11.2 Å². The highest BCUT2D eigenvalue weighted by Crippen LogP contribution is 2.22. The number of hydrogen-bond donors (Lipinski definition) is 1. The van der Waals surface area contributed by atoms with Crippen molar-refractivity contribution in [1.82, 2.24) is 10.1 Å². The van der Waals surface area contributed by atoms with Crippen LogP contribution in [0.3, 0.4) is 0 Å². The largest absolute Gasteiger partial charge is 0.380 e. The minimum absolute atomic E-state index is 0.126. The van der Waals surface area contributed by atoms with Crippen LogP contribution in [0.5, 0.6) is 0 Å². The molecule has 2 rings (SSSR count). The Kier molecular flexibility index (Phi) is 5.51. The van der Waals surface area contributed by atoms with Crippen molar-refractivity contribution in [2.24, 2.45) is 5.73 Å². The molecule has 2 N–H and O–H groups in total. The van der Waals surface area contributed by atoms with Gasteiger partial charge in [0.1, 0.15) is 5.82 Å². The lowest BCUT2D eigenvalue weighted by atomic mass is 10.2. The van der Waals surface area contributed by atoms with Gasteiger partial charge in [-0.15, -0.1) is 11.8 Å². The minimum Gasteiger partial charge on any atom is -0.380 e. The van der Waals surface area contributed by atoms with E-state index < -0.39 is 0 Å². The van der Waals surface area contributed by atoms with Gasteiger partial charge >= 0.3 is 0 Å². The molecule has 0 amide bonds. The Balaban J connectivity index is 1.89. The van der Waals surface area contributed by atoms with E-state index in [0.717, 1.165) is 4.90 Å². The molecule has 5 nitrogen and oxygen atoms in total. The zero-order chi connectivity index (χ0) is 14.4. The lowest BCUT2D eigenvalue weighted by Gasteiger charge is -2.08. The van der Waals surface area contributed by atoms with Gasteiger partial charge in [0.2, 0.25) is 5.89 Å². The van der Waals surface area contributed by atoms with Crippen molar-refractivity contribution in [1.29, 1.82) is 0 Å². The molecule has 0 bridgehead atoms. The molecule has 1 aromatic carbocycles. The van der Waals surface area contributed by atoms with Crippen molar-refractivity contribution >= 4 is 11.8 Å².